The number of hydrogen-bond donors (Lipinski definition) is 2. The first-order valence-electron chi connectivity index (χ1n) is 10.8. The second-order valence-electron chi connectivity index (χ2n) is 8.42. The lowest BCUT2D eigenvalue weighted by Gasteiger charge is -2.33. The molecular formula is C27H24N2O3. The zero-order chi connectivity index (χ0) is 22.1. The molecule has 32 heavy (non-hydrogen) atoms. The minimum atomic E-state index is -1.24. The smallest absolute Gasteiger partial charge is 0.339 e. The average Bonchev–Trinajstić information content (AvgIpc) is 3.24. The van der Waals surface area contributed by atoms with Crippen molar-refractivity contribution in [3.05, 3.63) is 107 Å². The molecule has 0 aliphatic carbocycles. The van der Waals surface area contributed by atoms with Crippen LogP contribution >= 0.6 is 0 Å². The Morgan fingerprint density at radius 1 is 1.03 bits per heavy atom. The third kappa shape index (κ3) is 3.56. The molecule has 3 aromatic carbocycles. The van der Waals surface area contributed by atoms with Crippen molar-refractivity contribution in [2.24, 2.45) is 0 Å². The van der Waals surface area contributed by atoms with E-state index >= 15 is 0 Å². The first-order chi connectivity index (χ1) is 15.5. The minimum Gasteiger partial charge on any atom is -0.445 e. The second-order valence-corrected chi connectivity index (χ2v) is 8.42. The van der Waals surface area contributed by atoms with E-state index in [9.17, 15) is 9.59 Å². The molecule has 0 radical (unpaired) electrons. The average molecular weight is 425 g/mol. The highest BCUT2D eigenvalue weighted by molar-refractivity contribution is 5.97. The Labute approximate surface area is 186 Å². The number of cyclic esters (lactones) is 1. The van der Waals surface area contributed by atoms with Gasteiger partial charge in [0.1, 0.15) is 0 Å². The van der Waals surface area contributed by atoms with Crippen molar-refractivity contribution >= 4 is 22.8 Å². The molecule has 1 aromatic heterocycles. The quantitative estimate of drug-likeness (QED) is 0.461. The van der Waals surface area contributed by atoms with Crippen LogP contribution in [-0.4, -0.2) is 29.0 Å². The predicted octanol–water partition coefficient (Wildman–Crippen LogP) is 4.59. The van der Waals surface area contributed by atoms with E-state index in [4.69, 9.17) is 4.74 Å². The predicted molar refractivity (Wildman–Crippen MR) is 124 cm³/mol. The molecule has 5 nitrogen and oxygen atoms in total. The summed E-state index contributed by atoms with van der Waals surface area (Å²) < 4.78 is 5.60. The molecule has 5 heteroatoms. The van der Waals surface area contributed by atoms with Crippen LogP contribution in [-0.2, 0) is 16.0 Å². The van der Waals surface area contributed by atoms with E-state index in [1.54, 1.807) is 19.1 Å². The fourth-order valence-corrected chi connectivity index (χ4v) is 4.52. The number of nitrogens with one attached hydrogen (secondary N) is 2. The number of carbonyl (C=O) groups excluding carboxylic acids is 2. The Morgan fingerprint density at radius 3 is 2.59 bits per heavy atom. The molecule has 0 saturated carbocycles. The molecule has 2 heterocycles. The van der Waals surface area contributed by atoms with Crippen LogP contribution in [0.3, 0.4) is 0 Å². The Morgan fingerprint density at radius 2 is 1.75 bits per heavy atom. The number of rotatable bonds is 5. The topological polar surface area (TPSA) is 71.2 Å². The summed E-state index contributed by atoms with van der Waals surface area (Å²) in [5.41, 5.74) is 3.39. The van der Waals surface area contributed by atoms with Gasteiger partial charge in [0, 0.05) is 36.0 Å². The third-order valence-electron chi connectivity index (χ3n) is 6.23. The summed E-state index contributed by atoms with van der Waals surface area (Å²) in [5, 5.41) is 4.19. The SMILES string of the molecule is C[C@]1(C(=O)NC[C@H](c2ccccc2)c2c[nH]c3ccccc23)Cc2ccccc2C(=O)O1. The summed E-state index contributed by atoms with van der Waals surface area (Å²) >= 11 is 0. The van der Waals surface area contributed by atoms with Crippen molar-refractivity contribution in [1.29, 1.82) is 0 Å². The Hall–Kier alpha value is -3.86. The number of benzene rings is 3. The van der Waals surface area contributed by atoms with Gasteiger partial charge in [0.05, 0.1) is 5.56 Å². The van der Waals surface area contributed by atoms with Gasteiger partial charge in [-0.05, 0) is 35.7 Å². The lowest BCUT2D eigenvalue weighted by atomic mass is 9.88. The highest BCUT2D eigenvalue weighted by Gasteiger charge is 2.42. The number of aromatic amines is 1. The summed E-state index contributed by atoms with van der Waals surface area (Å²) in [7, 11) is 0. The van der Waals surface area contributed by atoms with Gasteiger partial charge in [-0.1, -0.05) is 66.7 Å². The first kappa shape index (κ1) is 20.1. The highest BCUT2D eigenvalue weighted by atomic mass is 16.6. The number of esters is 1. The second kappa shape index (κ2) is 8.00. The maximum Gasteiger partial charge on any atom is 0.339 e. The van der Waals surface area contributed by atoms with E-state index in [1.165, 1.54) is 0 Å². The van der Waals surface area contributed by atoms with Crippen molar-refractivity contribution in [1.82, 2.24) is 10.3 Å². The molecule has 2 N–H and O–H groups in total. The van der Waals surface area contributed by atoms with Gasteiger partial charge in [-0.15, -0.1) is 0 Å². The summed E-state index contributed by atoms with van der Waals surface area (Å²) in [6.45, 7) is 2.07. The molecule has 160 valence electrons. The van der Waals surface area contributed by atoms with E-state index < -0.39 is 11.6 Å². The largest absolute Gasteiger partial charge is 0.445 e. The Bertz CT molecular complexity index is 1290. The molecule has 0 unspecified atom stereocenters. The summed E-state index contributed by atoms with van der Waals surface area (Å²) in [6, 6.07) is 25.5. The van der Waals surface area contributed by atoms with E-state index in [0.29, 0.717) is 18.5 Å². The van der Waals surface area contributed by atoms with Gasteiger partial charge in [0.25, 0.3) is 5.91 Å². The summed E-state index contributed by atoms with van der Waals surface area (Å²) in [5.74, 6) is -0.798. The number of hydrogen-bond acceptors (Lipinski definition) is 3. The number of carbonyl (C=O) groups is 2. The molecular weight excluding hydrogens is 400 g/mol. The number of H-pyrrole nitrogens is 1. The van der Waals surface area contributed by atoms with Crippen LogP contribution in [0.1, 0.15) is 39.9 Å². The molecule has 1 amide bonds. The molecule has 0 fully saturated rings. The van der Waals surface area contributed by atoms with E-state index in [-0.39, 0.29) is 11.8 Å². The van der Waals surface area contributed by atoms with Crippen LogP contribution in [0.2, 0.25) is 0 Å². The van der Waals surface area contributed by atoms with E-state index in [0.717, 1.165) is 27.6 Å². The van der Waals surface area contributed by atoms with E-state index in [1.807, 2.05) is 54.7 Å². The minimum absolute atomic E-state index is 0.0496. The van der Waals surface area contributed by atoms with Crippen LogP contribution in [0, 0.1) is 0 Å². The standard InChI is InChI=1S/C27H24N2O3/c1-27(15-19-11-5-6-12-20(19)25(30)32-27)26(31)29-16-22(18-9-3-2-4-10-18)23-17-28-24-14-8-7-13-21(23)24/h2-14,17,22,28H,15-16H2,1H3,(H,29,31)/t22-,27-/m1/s1. The molecule has 0 saturated heterocycles. The maximum atomic E-state index is 13.2. The van der Waals surface area contributed by atoms with Crippen molar-refractivity contribution in [3.63, 3.8) is 0 Å². The van der Waals surface area contributed by atoms with Crippen LogP contribution < -0.4 is 5.32 Å². The normalized spacial score (nSPS) is 18.6. The van der Waals surface area contributed by atoms with Gasteiger partial charge < -0.3 is 15.0 Å². The van der Waals surface area contributed by atoms with Crippen molar-refractivity contribution in [2.75, 3.05) is 6.54 Å². The summed E-state index contributed by atoms with van der Waals surface area (Å²) in [4.78, 5) is 29.1. The van der Waals surface area contributed by atoms with Gasteiger partial charge in [-0.25, -0.2) is 4.79 Å². The van der Waals surface area contributed by atoms with Gasteiger partial charge in [0.15, 0.2) is 5.60 Å². The molecule has 4 aromatic rings. The third-order valence-corrected chi connectivity index (χ3v) is 6.23. The number of amides is 1. The molecule has 2 atom stereocenters. The molecule has 1 aliphatic heterocycles. The monoisotopic (exact) mass is 424 g/mol. The van der Waals surface area contributed by atoms with Crippen molar-refractivity contribution in [3.8, 4) is 0 Å². The fourth-order valence-electron chi connectivity index (χ4n) is 4.52. The Balaban J connectivity index is 1.42. The number of aromatic nitrogens is 1. The Kier molecular flexibility index (Phi) is 5.02. The number of para-hydroxylation sites is 1. The van der Waals surface area contributed by atoms with Gasteiger partial charge >= 0.3 is 5.97 Å². The summed E-state index contributed by atoms with van der Waals surface area (Å²) in [6.07, 6.45) is 2.36. The number of ether oxygens (including phenoxy) is 1. The lowest BCUT2D eigenvalue weighted by molar-refractivity contribution is -0.139. The first-order valence-corrected chi connectivity index (χ1v) is 10.8. The zero-order valence-corrected chi connectivity index (χ0v) is 17.8. The molecule has 0 bridgehead atoms. The molecule has 5 rings (SSSR count). The van der Waals surface area contributed by atoms with Crippen molar-refractivity contribution in [2.45, 2.75) is 24.9 Å². The van der Waals surface area contributed by atoms with Crippen LogP contribution in [0.4, 0.5) is 0 Å². The molecule has 1 aliphatic rings. The fraction of sp³-hybridized carbons (Fsp3) is 0.185. The van der Waals surface area contributed by atoms with Gasteiger partial charge in [0.2, 0.25) is 0 Å². The van der Waals surface area contributed by atoms with Gasteiger partial charge in [-0.3, -0.25) is 4.79 Å². The molecule has 0 spiro atoms. The maximum absolute atomic E-state index is 13.2. The van der Waals surface area contributed by atoms with E-state index in [2.05, 4.69) is 28.5 Å². The van der Waals surface area contributed by atoms with Gasteiger partial charge in [-0.2, -0.15) is 0 Å². The zero-order valence-electron chi connectivity index (χ0n) is 17.8. The lowest BCUT2D eigenvalue weighted by Crippen LogP contribution is -2.52. The van der Waals surface area contributed by atoms with Crippen molar-refractivity contribution < 1.29 is 14.3 Å². The number of fused-ring (bicyclic) bond motifs is 2. The van der Waals surface area contributed by atoms with Crippen LogP contribution in [0.25, 0.3) is 10.9 Å². The van der Waals surface area contributed by atoms with Crippen LogP contribution in [0.15, 0.2) is 85.1 Å². The van der Waals surface area contributed by atoms with Crippen LogP contribution in [0.5, 0.6) is 0 Å². The highest BCUT2D eigenvalue weighted by Crippen LogP contribution is 2.32.